The van der Waals surface area contributed by atoms with Crippen molar-refractivity contribution >= 4 is 44.8 Å². The van der Waals surface area contributed by atoms with Gasteiger partial charge in [0.1, 0.15) is 0 Å². The second-order valence-corrected chi connectivity index (χ2v) is 10.00. The molecule has 0 saturated heterocycles. The van der Waals surface area contributed by atoms with Crippen LogP contribution in [-0.2, 0) is 14.8 Å². The molecule has 0 aliphatic rings. The Bertz CT molecular complexity index is 1190. The van der Waals surface area contributed by atoms with Gasteiger partial charge >= 0.3 is 6.18 Å². The number of carbonyl (C=O) groups excluding carboxylic acids is 2. The van der Waals surface area contributed by atoms with E-state index in [-0.39, 0.29) is 34.1 Å². The summed E-state index contributed by atoms with van der Waals surface area (Å²) in [5.74, 6) is -2.11. The third kappa shape index (κ3) is 7.31. The number of carbonyl (C=O) groups is 2. The number of nitrogens with one attached hydrogen (secondary N) is 3. The molecule has 0 spiro atoms. The number of hydrogen-bond donors (Lipinski definition) is 4. The summed E-state index contributed by atoms with van der Waals surface area (Å²) in [5, 5.41) is 13.6. The van der Waals surface area contributed by atoms with E-state index in [1.165, 1.54) is 24.3 Å². The highest BCUT2D eigenvalue weighted by molar-refractivity contribution is 7.92. The van der Waals surface area contributed by atoms with E-state index in [0.29, 0.717) is 18.7 Å². The van der Waals surface area contributed by atoms with Gasteiger partial charge in [-0.1, -0.05) is 11.6 Å². The van der Waals surface area contributed by atoms with Gasteiger partial charge in [0.05, 0.1) is 15.6 Å². The Kier molecular flexibility index (Phi) is 8.76. The van der Waals surface area contributed by atoms with Crippen molar-refractivity contribution in [2.24, 2.45) is 0 Å². The van der Waals surface area contributed by atoms with E-state index in [0.717, 1.165) is 18.2 Å². The lowest BCUT2D eigenvalue weighted by atomic mass is 10.1. The minimum Gasteiger partial charge on any atom is -0.373 e. The monoisotopic (exact) mass is 536 g/mol. The van der Waals surface area contributed by atoms with Crippen molar-refractivity contribution in [1.29, 1.82) is 0 Å². The molecule has 0 fully saturated rings. The van der Waals surface area contributed by atoms with Crippen LogP contribution in [0, 0.1) is 0 Å². The minimum absolute atomic E-state index is 0.143. The molecule has 2 amide bonds. The van der Waals surface area contributed by atoms with Gasteiger partial charge < -0.3 is 20.6 Å². The number of rotatable bonds is 9. The van der Waals surface area contributed by atoms with Crippen molar-refractivity contribution in [3.8, 4) is 0 Å². The number of nitrogens with zero attached hydrogens (tertiary/aromatic N) is 1. The van der Waals surface area contributed by atoms with Crippen molar-refractivity contribution in [2.45, 2.75) is 23.6 Å². The van der Waals surface area contributed by atoms with Crippen molar-refractivity contribution < 1.29 is 36.3 Å². The zero-order chi connectivity index (χ0) is 26.6. The zero-order valence-electron chi connectivity index (χ0n) is 18.9. The second kappa shape index (κ2) is 10.8. The van der Waals surface area contributed by atoms with E-state index in [4.69, 9.17) is 11.6 Å². The van der Waals surface area contributed by atoms with Gasteiger partial charge in [0.15, 0.2) is 0 Å². The highest BCUT2D eigenvalue weighted by atomic mass is 35.5. The second-order valence-electron chi connectivity index (χ2n) is 7.91. The van der Waals surface area contributed by atoms with Crippen molar-refractivity contribution in [3.05, 3.63) is 53.1 Å². The van der Waals surface area contributed by atoms with E-state index in [1.807, 2.05) is 24.3 Å². The van der Waals surface area contributed by atoms with Gasteiger partial charge in [0.2, 0.25) is 5.60 Å². The highest BCUT2D eigenvalue weighted by Crippen LogP contribution is 2.33. The lowest BCUT2D eigenvalue weighted by Gasteiger charge is -2.25. The number of hydrogen-bond acceptors (Lipinski definition) is 6. The number of sulfonamides is 1. The van der Waals surface area contributed by atoms with E-state index in [1.54, 1.807) is 0 Å². The van der Waals surface area contributed by atoms with Gasteiger partial charge in [-0.05, 0) is 63.5 Å². The fourth-order valence-electron chi connectivity index (χ4n) is 2.54. The molecule has 14 heteroatoms. The van der Waals surface area contributed by atoms with Gasteiger partial charge in [-0.3, -0.25) is 14.3 Å². The van der Waals surface area contributed by atoms with Crippen LogP contribution in [-0.4, -0.2) is 69.2 Å². The van der Waals surface area contributed by atoms with Crippen LogP contribution in [0.3, 0.4) is 0 Å². The molecule has 0 aliphatic heterocycles. The maximum absolute atomic E-state index is 12.8. The number of alkyl halides is 3. The Hall–Kier alpha value is -2.87. The summed E-state index contributed by atoms with van der Waals surface area (Å²) in [6.07, 6.45) is -5.24. The minimum atomic E-state index is -5.24. The van der Waals surface area contributed by atoms with E-state index >= 15 is 0 Å². The number of aliphatic hydroxyl groups is 1. The fraction of sp³-hybridized carbons (Fsp3) is 0.333. The topological polar surface area (TPSA) is 128 Å². The Morgan fingerprint density at radius 3 is 2.20 bits per heavy atom. The molecular formula is C21H24ClF3N4O5S. The van der Waals surface area contributed by atoms with Crippen LogP contribution in [0.25, 0.3) is 0 Å². The van der Waals surface area contributed by atoms with E-state index in [9.17, 15) is 36.3 Å². The maximum Gasteiger partial charge on any atom is 0.426 e. The molecule has 2 aromatic rings. The van der Waals surface area contributed by atoms with Gasteiger partial charge in [0.25, 0.3) is 21.8 Å². The van der Waals surface area contributed by atoms with E-state index < -0.39 is 27.7 Å². The Morgan fingerprint density at radius 1 is 1.09 bits per heavy atom. The standard InChI is InChI=1S/C21H24ClF3N4O5S/c1-20(32,21(23,24)25)19(31)27-17-9-8-15(12-16(17)22)35(33,34)28-14-6-4-13(5-7-14)18(30)26-10-11-29(2)3/h4-9,12,28,32H,10-11H2,1-3H3,(H,26,30)(H,27,31)/t20-/m1/s1. The molecule has 0 saturated carbocycles. The molecule has 9 nitrogen and oxygen atoms in total. The average molecular weight is 537 g/mol. The third-order valence-electron chi connectivity index (χ3n) is 4.74. The third-order valence-corrected chi connectivity index (χ3v) is 6.43. The van der Waals surface area contributed by atoms with Crippen LogP contribution in [0.5, 0.6) is 0 Å². The van der Waals surface area contributed by atoms with Crippen LogP contribution in [0.4, 0.5) is 24.5 Å². The SMILES string of the molecule is CN(C)CCNC(=O)c1ccc(NS(=O)(=O)c2ccc(NC(=O)[C@@](C)(O)C(F)(F)F)c(Cl)c2)cc1. The summed E-state index contributed by atoms with van der Waals surface area (Å²) in [5.41, 5.74) is -3.54. The van der Waals surface area contributed by atoms with Crippen LogP contribution in [0.15, 0.2) is 47.4 Å². The number of benzene rings is 2. The zero-order valence-corrected chi connectivity index (χ0v) is 20.5. The Labute approximate surface area is 205 Å². The molecule has 1 atom stereocenters. The van der Waals surface area contributed by atoms with Gasteiger partial charge in [-0.15, -0.1) is 0 Å². The quantitative estimate of drug-likeness (QED) is 0.390. The number of anilines is 2. The Balaban J connectivity index is 2.11. The summed E-state index contributed by atoms with van der Waals surface area (Å²) in [6.45, 7) is 1.36. The fourth-order valence-corrected chi connectivity index (χ4v) is 3.91. The molecule has 2 aromatic carbocycles. The maximum atomic E-state index is 12.8. The first-order valence-electron chi connectivity index (χ1n) is 10.0. The van der Waals surface area contributed by atoms with Gasteiger partial charge in [-0.2, -0.15) is 13.2 Å². The first kappa shape index (κ1) is 28.4. The number of likely N-dealkylation sites (N-methyl/N-ethyl adjacent to an activating group) is 1. The molecule has 2 rings (SSSR count). The smallest absolute Gasteiger partial charge is 0.373 e. The molecule has 0 heterocycles. The molecule has 0 radical (unpaired) electrons. The molecule has 35 heavy (non-hydrogen) atoms. The predicted molar refractivity (Wildman–Crippen MR) is 125 cm³/mol. The van der Waals surface area contributed by atoms with Crippen LogP contribution in [0.1, 0.15) is 17.3 Å². The largest absolute Gasteiger partial charge is 0.426 e. The van der Waals surface area contributed by atoms with Crippen LogP contribution in [0.2, 0.25) is 5.02 Å². The molecule has 0 bridgehead atoms. The first-order chi connectivity index (χ1) is 16.0. The lowest BCUT2D eigenvalue weighted by Crippen LogP contribution is -2.52. The van der Waals surface area contributed by atoms with Crippen LogP contribution < -0.4 is 15.4 Å². The molecule has 192 valence electrons. The molecule has 4 N–H and O–H groups in total. The predicted octanol–water partition coefficient (Wildman–Crippen LogP) is 2.68. The lowest BCUT2D eigenvalue weighted by molar-refractivity contribution is -0.242. The van der Waals surface area contributed by atoms with Gasteiger partial charge in [0, 0.05) is 24.3 Å². The summed E-state index contributed by atoms with van der Waals surface area (Å²) < 4.78 is 66.1. The number of amides is 2. The summed E-state index contributed by atoms with van der Waals surface area (Å²) in [4.78, 5) is 25.5. The first-order valence-corrected chi connectivity index (χ1v) is 11.9. The van der Waals surface area contributed by atoms with Crippen molar-refractivity contribution in [2.75, 3.05) is 37.2 Å². The summed E-state index contributed by atoms with van der Waals surface area (Å²) in [7, 11) is -0.445. The van der Waals surface area contributed by atoms with E-state index in [2.05, 4.69) is 10.0 Å². The average Bonchev–Trinajstić information content (AvgIpc) is 2.74. The molecule has 0 aliphatic carbocycles. The molecular weight excluding hydrogens is 513 g/mol. The van der Waals surface area contributed by atoms with Crippen LogP contribution >= 0.6 is 11.6 Å². The van der Waals surface area contributed by atoms with Gasteiger partial charge in [-0.25, -0.2) is 8.42 Å². The molecule has 0 aromatic heterocycles. The van der Waals surface area contributed by atoms with Crippen molar-refractivity contribution in [1.82, 2.24) is 10.2 Å². The summed E-state index contributed by atoms with van der Waals surface area (Å²) in [6, 6.07) is 8.55. The molecule has 0 unspecified atom stereocenters. The highest BCUT2D eigenvalue weighted by Gasteiger charge is 2.55. The Morgan fingerprint density at radius 2 is 1.69 bits per heavy atom. The normalized spacial score (nSPS) is 13.7. The summed E-state index contributed by atoms with van der Waals surface area (Å²) >= 11 is 5.95. The van der Waals surface area contributed by atoms with Crippen molar-refractivity contribution in [3.63, 3.8) is 0 Å². The number of halogens is 4.